The largest absolute Gasteiger partial charge is 0.390 e. The number of carbonyl (C=O) groups is 2. The van der Waals surface area contributed by atoms with Gasteiger partial charge in [0.2, 0.25) is 5.91 Å². The number of alkyl halides is 2. The Balaban J connectivity index is 1.73. The van der Waals surface area contributed by atoms with Crippen LogP contribution in [0.5, 0.6) is 0 Å². The lowest BCUT2D eigenvalue weighted by molar-refractivity contribution is -0.389. The van der Waals surface area contributed by atoms with Crippen LogP contribution < -0.4 is 11.1 Å². The predicted molar refractivity (Wildman–Crippen MR) is 125 cm³/mol. The van der Waals surface area contributed by atoms with Gasteiger partial charge in [0.15, 0.2) is 0 Å². The van der Waals surface area contributed by atoms with Crippen LogP contribution in [-0.2, 0) is 11.3 Å². The number of nitrogens with one attached hydrogen (secondary N) is 1. The van der Waals surface area contributed by atoms with E-state index in [0.29, 0.717) is 22.2 Å². The molecule has 0 aliphatic heterocycles. The fourth-order valence-electron chi connectivity index (χ4n) is 3.59. The lowest BCUT2D eigenvalue weighted by atomic mass is 10.0. The lowest BCUT2D eigenvalue weighted by Gasteiger charge is -2.11. The summed E-state index contributed by atoms with van der Waals surface area (Å²) in [5.41, 5.74) is 6.59. The van der Waals surface area contributed by atoms with Gasteiger partial charge in [0.05, 0.1) is 29.1 Å². The number of nitrogens with zero attached hydrogens (tertiary/aromatic N) is 4. The molecule has 0 bridgehead atoms. The predicted octanol–water partition coefficient (Wildman–Crippen LogP) is 4.44. The van der Waals surface area contributed by atoms with Crippen LogP contribution in [0, 0.1) is 17.0 Å². The summed E-state index contributed by atoms with van der Waals surface area (Å²) in [5, 5.41) is 17.7. The molecule has 35 heavy (non-hydrogen) atoms. The number of hydrogen-bond donors (Lipinski definition) is 2. The van der Waals surface area contributed by atoms with Gasteiger partial charge in [-0.05, 0) is 29.0 Å². The molecule has 4 aromatic rings. The van der Waals surface area contributed by atoms with Crippen molar-refractivity contribution in [3.05, 3.63) is 68.8 Å². The van der Waals surface area contributed by atoms with Crippen LogP contribution in [0.4, 0.5) is 20.3 Å². The monoisotopic (exact) mass is 500 g/mol. The van der Waals surface area contributed by atoms with Crippen molar-refractivity contribution in [2.45, 2.75) is 26.3 Å². The van der Waals surface area contributed by atoms with Crippen molar-refractivity contribution in [2.24, 2.45) is 5.73 Å². The summed E-state index contributed by atoms with van der Waals surface area (Å²) in [4.78, 5) is 39.3. The van der Waals surface area contributed by atoms with Gasteiger partial charge in [0.1, 0.15) is 15.4 Å². The highest BCUT2D eigenvalue weighted by Gasteiger charge is 2.25. The van der Waals surface area contributed by atoms with Gasteiger partial charge in [-0.2, -0.15) is 4.68 Å². The Morgan fingerprint density at radius 3 is 2.57 bits per heavy atom. The standard InChI is InChI=1S/C22H18F2N6O4S/c1-11-9-15(30(33)34)28-29(11)8-7-16(31)27-18-17-13(12-5-3-2-4-6-12)10-14(20(23)24)26-22(17)35-19(18)21(25)32/h2-6,9-10,20H,7-8H2,1H3,(H2,25,32)(H,27,31). The number of anilines is 1. The summed E-state index contributed by atoms with van der Waals surface area (Å²) in [5.74, 6) is -1.71. The number of carbonyl (C=O) groups excluding carboxylic acids is 2. The minimum Gasteiger partial charge on any atom is -0.365 e. The molecule has 0 fully saturated rings. The number of pyridine rings is 1. The van der Waals surface area contributed by atoms with E-state index in [9.17, 15) is 28.5 Å². The van der Waals surface area contributed by atoms with Crippen molar-refractivity contribution in [1.29, 1.82) is 0 Å². The first-order valence-electron chi connectivity index (χ1n) is 10.2. The Kier molecular flexibility index (Phi) is 6.51. The number of primary amides is 1. The highest BCUT2D eigenvalue weighted by Crippen LogP contribution is 2.42. The Morgan fingerprint density at radius 2 is 1.97 bits per heavy atom. The number of amides is 2. The van der Waals surface area contributed by atoms with E-state index < -0.39 is 28.9 Å². The molecule has 0 saturated carbocycles. The molecule has 3 N–H and O–H groups in total. The van der Waals surface area contributed by atoms with Crippen LogP contribution >= 0.6 is 11.3 Å². The third-order valence-electron chi connectivity index (χ3n) is 5.18. The van der Waals surface area contributed by atoms with E-state index in [-0.39, 0.29) is 34.2 Å². The highest BCUT2D eigenvalue weighted by molar-refractivity contribution is 7.21. The molecule has 4 rings (SSSR count). The Labute approximate surface area is 200 Å². The molecular formula is C22H18F2N6O4S. The van der Waals surface area contributed by atoms with Crippen LogP contribution in [0.1, 0.15) is 33.9 Å². The number of nitrogens with two attached hydrogens (primary N) is 1. The highest BCUT2D eigenvalue weighted by atomic mass is 32.1. The van der Waals surface area contributed by atoms with Gasteiger partial charge in [-0.15, -0.1) is 11.3 Å². The maximum absolute atomic E-state index is 13.5. The van der Waals surface area contributed by atoms with Crippen molar-refractivity contribution in [2.75, 3.05) is 5.32 Å². The normalized spacial score (nSPS) is 11.2. The summed E-state index contributed by atoms with van der Waals surface area (Å²) in [6.45, 7) is 1.66. The molecule has 13 heteroatoms. The first-order valence-corrected chi connectivity index (χ1v) is 11.1. The van der Waals surface area contributed by atoms with Crippen molar-refractivity contribution in [1.82, 2.24) is 14.8 Å². The number of nitro groups is 1. The number of halogens is 2. The molecular weight excluding hydrogens is 482 g/mol. The number of hydrogen-bond acceptors (Lipinski definition) is 7. The lowest BCUT2D eigenvalue weighted by Crippen LogP contribution is -2.18. The average molecular weight is 500 g/mol. The van der Waals surface area contributed by atoms with Crippen molar-refractivity contribution in [3.8, 4) is 11.1 Å². The van der Waals surface area contributed by atoms with E-state index in [1.165, 1.54) is 16.8 Å². The number of thiophene rings is 1. The Morgan fingerprint density at radius 1 is 1.26 bits per heavy atom. The number of fused-ring (bicyclic) bond motifs is 1. The average Bonchev–Trinajstić information content (AvgIpc) is 3.38. The van der Waals surface area contributed by atoms with Gasteiger partial charge in [-0.3, -0.25) is 9.59 Å². The summed E-state index contributed by atoms with van der Waals surface area (Å²) in [7, 11) is 0. The molecule has 0 spiro atoms. The molecule has 0 saturated heterocycles. The van der Waals surface area contributed by atoms with E-state index in [0.717, 1.165) is 11.3 Å². The van der Waals surface area contributed by atoms with Gasteiger partial charge in [0.25, 0.3) is 12.3 Å². The molecule has 0 aliphatic rings. The fraction of sp³-hybridized carbons (Fsp3) is 0.182. The SMILES string of the molecule is Cc1cc([N+](=O)[O-])nn1CCC(=O)Nc1c(C(N)=O)sc2nc(C(F)F)cc(-c3ccccc3)c12. The Bertz CT molecular complexity index is 1450. The second kappa shape index (κ2) is 9.54. The quantitative estimate of drug-likeness (QED) is 0.270. The zero-order chi connectivity index (χ0) is 25.3. The number of aryl methyl sites for hydroxylation is 2. The minimum atomic E-state index is -2.85. The van der Waals surface area contributed by atoms with E-state index >= 15 is 0 Å². The number of rotatable bonds is 8. The van der Waals surface area contributed by atoms with E-state index in [1.54, 1.807) is 37.3 Å². The molecule has 1 aromatic carbocycles. The zero-order valence-corrected chi connectivity index (χ0v) is 19.0. The maximum atomic E-state index is 13.5. The van der Waals surface area contributed by atoms with Gasteiger partial charge < -0.3 is 21.2 Å². The van der Waals surface area contributed by atoms with Crippen molar-refractivity contribution in [3.63, 3.8) is 0 Å². The second-order valence-corrected chi connectivity index (χ2v) is 8.53. The van der Waals surface area contributed by atoms with E-state index in [2.05, 4.69) is 15.4 Å². The van der Waals surface area contributed by atoms with Crippen LogP contribution in [0.15, 0.2) is 42.5 Å². The number of benzene rings is 1. The van der Waals surface area contributed by atoms with Gasteiger partial charge in [-0.25, -0.2) is 13.8 Å². The van der Waals surface area contributed by atoms with Gasteiger partial charge in [-0.1, -0.05) is 30.3 Å². The Hall–Kier alpha value is -4.26. The van der Waals surface area contributed by atoms with Crippen LogP contribution in [0.3, 0.4) is 0 Å². The topological polar surface area (TPSA) is 146 Å². The van der Waals surface area contributed by atoms with E-state index in [4.69, 9.17) is 5.73 Å². The molecule has 0 unspecified atom stereocenters. The molecule has 2 amide bonds. The minimum absolute atomic E-state index is 0.0321. The molecule has 180 valence electrons. The van der Waals surface area contributed by atoms with Crippen LogP contribution in [0.2, 0.25) is 0 Å². The van der Waals surface area contributed by atoms with Crippen LogP contribution in [-0.4, -0.2) is 31.5 Å². The second-order valence-electron chi connectivity index (χ2n) is 7.53. The first kappa shape index (κ1) is 23.9. The summed E-state index contributed by atoms with van der Waals surface area (Å²) >= 11 is 0.812. The van der Waals surface area contributed by atoms with Crippen molar-refractivity contribution >= 4 is 44.9 Å². The summed E-state index contributed by atoms with van der Waals surface area (Å²) in [6, 6.07) is 11.2. The fourth-order valence-corrected chi connectivity index (χ4v) is 4.60. The number of aromatic nitrogens is 3. The zero-order valence-electron chi connectivity index (χ0n) is 18.2. The molecule has 0 atom stereocenters. The molecule has 0 radical (unpaired) electrons. The van der Waals surface area contributed by atoms with Gasteiger partial charge >= 0.3 is 5.82 Å². The summed E-state index contributed by atoms with van der Waals surface area (Å²) in [6.07, 6.45) is -2.97. The third-order valence-corrected chi connectivity index (χ3v) is 6.28. The maximum Gasteiger partial charge on any atom is 0.390 e. The van der Waals surface area contributed by atoms with Gasteiger partial charge in [0, 0.05) is 11.8 Å². The molecule has 3 aromatic heterocycles. The molecule has 3 heterocycles. The molecule has 0 aliphatic carbocycles. The first-order chi connectivity index (χ1) is 16.7. The van der Waals surface area contributed by atoms with Crippen LogP contribution in [0.25, 0.3) is 21.3 Å². The van der Waals surface area contributed by atoms with E-state index in [1.807, 2.05) is 0 Å². The van der Waals surface area contributed by atoms with Crippen molar-refractivity contribution < 1.29 is 23.3 Å². The summed E-state index contributed by atoms with van der Waals surface area (Å²) < 4.78 is 28.4. The molecule has 10 nitrogen and oxygen atoms in total. The third kappa shape index (κ3) is 4.84. The smallest absolute Gasteiger partial charge is 0.365 e.